The number of carbonyl (C=O) groups is 1. The highest BCUT2D eigenvalue weighted by Crippen LogP contribution is 2.48. The van der Waals surface area contributed by atoms with Gasteiger partial charge in [-0.05, 0) is 56.2 Å². The van der Waals surface area contributed by atoms with Gasteiger partial charge in [0.25, 0.3) is 0 Å². The summed E-state index contributed by atoms with van der Waals surface area (Å²) in [6.45, 7) is 2.95. The number of fused-ring (bicyclic) bond motifs is 2. The first kappa shape index (κ1) is 13.0. The number of hydrogen-bond donors (Lipinski definition) is 1. The minimum atomic E-state index is -0.273. The van der Waals surface area contributed by atoms with Gasteiger partial charge in [-0.2, -0.15) is 0 Å². The lowest BCUT2D eigenvalue weighted by Crippen LogP contribution is -2.41. The summed E-state index contributed by atoms with van der Waals surface area (Å²) in [7, 11) is 0. The zero-order chi connectivity index (χ0) is 13.4. The molecule has 1 heterocycles. The van der Waals surface area contributed by atoms with Gasteiger partial charge in [0.2, 0.25) is 0 Å². The molecule has 0 amide bonds. The molecule has 0 aromatic rings. The van der Waals surface area contributed by atoms with E-state index in [1.54, 1.807) is 0 Å². The zero-order valence-corrected chi connectivity index (χ0v) is 12.0. The molecule has 2 saturated carbocycles. The van der Waals surface area contributed by atoms with E-state index in [1.165, 1.54) is 25.7 Å². The number of thiocarbonyl (C=S) groups is 1. The molecule has 1 aliphatic heterocycles. The minimum Gasteiger partial charge on any atom is -0.465 e. The van der Waals surface area contributed by atoms with Crippen molar-refractivity contribution in [2.75, 3.05) is 13.2 Å². The van der Waals surface area contributed by atoms with E-state index in [0.717, 1.165) is 17.5 Å². The van der Waals surface area contributed by atoms with Crippen LogP contribution in [0.3, 0.4) is 0 Å². The monoisotopic (exact) mass is 280 g/mol. The van der Waals surface area contributed by atoms with Gasteiger partial charge >= 0.3 is 5.97 Å². The molecule has 2 fully saturated rings. The molecule has 2 aliphatic carbocycles. The van der Waals surface area contributed by atoms with E-state index in [9.17, 15) is 4.79 Å². The Kier molecular flexibility index (Phi) is 3.56. The second-order valence-electron chi connectivity index (χ2n) is 6.06. The summed E-state index contributed by atoms with van der Waals surface area (Å²) >= 11 is 4.96. The van der Waals surface area contributed by atoms with Crippen LogP contribution in [0.2, 0.25) is 0 Å². The Hall–Kier alpha value is -0.970. The van der Waals surface area contributed by atoms with Gasteiger partial charge in [-0.15, -0.1) is 0 Å². The van der Waals surface area contributed by atoms with Crippen LogP contribution in [0.15, 0.2) is 4.99 Å². The lowest BCUT2D eigenvalue weighted by atomic mass is 9.89. The van der Waals surface area contributed by atoms with Crippen molar-refractivity contribution in [1.82, 2.24) is 5.32 Å². The second kappa shape index (κ2) is 5.19. The average molecular weight is 280 g/mol. The predicted molar refractivity (Wildman–Crippen MR) is 77.1 cm³/mol. The first-order valence-electron chi connectivity index (χ1n) is 7.13. The van der Waals surface area contributed by atoms with Crippen molar-refractivity contribution in [2.45, 2.75) is 32.6 Å². The molecular weight excluding hydrogens is 260 g/mol. The minimum absolute atomic E-state index is 0.154. The van der Waals surface area contributed by atoms with E-state index in [1.807, 2.05) is 6.92 Å². The summed E-state index contributed by atoms with van der Waals surface area (Å²) in [5.41, 5.74) is 0.765. The van der Waals surface area contributed by atoms with Crippen LogP contribution in [-0.4, -0.2) is 29.9 Å². The fourth-order valence-corrected chi connectivity index (χ4v) is 3.97. The molecule has 2 bridgehead atoms. The average Bonchev–Trinajstić information content (AvgIpc) is 2.98. The fraction of sp³-hybridized carbons (Fsp3) is 0.786. The van der Waals surface area contributed by atoms with E-state index < -0.39 is 0 Å². The summed E-state index contributed by atoms with van der Waals surface area (Å²) in [5, 5.41) is 3.41. The molecule has 3 aliphatic rings. The van der Waals surface area contributed by atoms with Gasteiger partial charge in [0.1, 0.15) is 5.92 Å². The van der Waals surface area contributed by atoms with Crippen LogP contribution < -0.4 is 5.32 Å². The van der Waals surface area contributed by atoms with Gasteiger partial charge in [0, 0.05) is 12.3 Å². The maximum atomic E-state index is 12.1. The van der Waals surface area contributed by atoms with Crippen LogP contribution >= 0.6 is 12.2 Å². The van der Waals surface area contributed by atoms with Crippen molar-refractivity contribution in [3.8, 4) is 0 Å². The Balaban J connectivity index is 1.52. The van der Waals surface area contributed by atoms with E-state index in [-0.39, 0.29) is 11.9 Å². The number of nitrogens with one attached hydrogen (secondary N) is 1. The van der Waals surface area contributed by atoms with Crippen LogP contribution in [0.25, 0.3) is 0 Å². The molecule has 3 rings (SSSR count). The number of aliphatic imine (C=N–C) groups is 1. The largest absolute Gasteiger partial charge is 0.465 e. The smallest absolute Gasteiger partial charge is 0.316 e. The molecule has 19 heavy (non-hydrogen) atoms. The molecule has 0 saturated heterocycles. The maximum absolute atomic E-state index is 12.1. The Morgan fingerprint density at radius 1 is 1.47 bits per heavy atom. The lowest BCUT2D eigenvalue weighted by Gasteiger charge is -2.24. The number of rotatable bonds is 3. The highest BCUT2D eigenvalue weighted by Gasteiger charge is 2.40. The number of nitrogens with zero attached hydrogens (tertiary/aromatic N) is 1. The van der Waals surface area contributed by atoms with Gasteiger partial charge in [-0.3, -0.25) is 4.79 Å². The van der Waals surface area contributed by atoms with E-state index in [0.29, 0.717) is 24.2 Å². The Bertz CT molecular complexity index is 435. The molecule has 4 unspecified atom stereocenters. The SMILES string of the molecule is CC1=NC(=S)NCC1C(=O)OCC1CC2CCC1C2. The summed E-state index contributed by atoms with van der Waals surface area (Å²) < 4.78 is 5.52. The quantitative estimate of drug-likeness (QED) is 0.634. The standard InChI is InChI=1S/C14H20N2O2S/c1-8-12(6-15-14(19)16-8)13(17)18-7-11-5-9-2-3-10(11)4-9/h9-12H,2-7H2,1H3,(H,15,19). The normalized spacial score (nSPS) is 36.9. The molecule has 104 valence electrons. The van der Waals surface area contributed by atoms with Gasteiger partial charge < -0.3 is 10.1 Å². The van der Waals surface area contributed by atoms with Gasteiger partial charge in [-0.25, -0.2) is 4.99 Å². The summed E-state index contributed by atoms with van der Waals surface area (Å²) in [5.74, 6) is 1.86. The highest BCUT2D eigenvalue weighted by molar-refractivity contribution is 7.80. The molecule has 0 aromatic heterocycles. The molecular formula is C14H20N2O2S. The molecule has 0 aromatic carbocycles. The van der Waals surface area contributed by atoms with Crippen molar-refractivity contribution >= 4 is 29.0 Å². The Labute approximate surface area is 119 Å². The van der Waals surface area contributed by atoms with Gasteiger partial charge in [-0.1, -0.05) is 6.42 Å². The second-order valence-corrected chi connectivity index (χ2v) is 6.44. The van der Waals surface area contributed by atoms with E-state index in [4.69, 9.17) is 17.0 Å². The first-order valence-corrected chi connectivity index (χ1v) is 7.54. The number of ether oxygens (including phenoxy) is 1. The van der Waals surface area contributed by atoms with E-state index in [2.05, 4.69) is 10.3 Å². The van der Waals surface area contributed by atoms with Gasteiger partial charge in [0.15, 0.2) is 5.11 Å². The highest BCUT2D eigenvalue weighted by atomic mass is 32.1. The third kappa shape index (κ3) is 2.66. The van der Waals surface area contributed by atoms with Crippen molar-refractivity contribution < 1.29 is 9.53 Å². The molecule has 0 spiro atoms. The van der Waals surface area contributed by atoms with Crippen LogP contribution in [0.5, 0.6) is 0 Å². The van der Waals surface area contributed by atoms with Crippen LogP contribution in [0.1, 0.15) is 32.6 Å². The van der Waals surface area contributed by atoms with Crippen molar-refractivity contribution in [3.63, 3.8) is 0 Å². The van der Waals surface area contributed by atoms with E-state index >= 15 is 0 Å². The third-order valence-electron chi connectivity index (χ3n) is 4.85. The van der Waals surface area contributed by atoms with Crippen molar-refractivity contribution in [2.24, 2.45) is 28.7 Å². The van der Waals surface area contributed by atoms with Crippen LogP contribution in [0, 0.1) is 23.7 Å². The topological polar surface area (TPSA) is 50.7 Å². The maximum Gasteiger partial charge on any atom is 0.316 e. The molecule has 1 N–H and O–H groups in total. The third-order valence-corrected chi connectivity index (χ3v) is 5.08. The number of carbonyl (C=O) groups excluding carboxylic acids is 1. The van der Waals surface area contributed by atoms with Crippen molar-refractivity contribution in [3.05, 3.63) is 0 Å². The first-order chi connectivity index (χ1) is 9.13. The lowest BCUT2D eigenvalue weighted by molar-refractivity contribution is -0.147. The summed E-state index contributed by atoms with van der Waals surface area (Å²) in [6.07, 6.45) is 5.30. The van der Waals surface area contributed by atoms with Crippen molar-refractivity contribution in [1.29, 1.82) is 0 Å². The van der Waals surface area contributed by atoms with Crippen LogP contribution in [0.4, 0.5) is 0 Å². The molecule has 4 nitrogen and oxygen atoms in total. The zero-order valence-electron chi connectivity index (χ0n) is 11.2. The predicted octanol–water partition coefficient (Wildman–Crippen LogP) is 1.93. The Morgan fingerprint density at radius 3 is 2.95 bits per heavy atom. The molecule has 5 heteroatoms. The number of hydrogen-bond acceptors (Lipinski definition) is 3. The molecule has 4 atom stereocenters. The fourth-order valence-electron chi connectivity index (χ4n) is 3.74. The van der Waals surface area contributed by atoms with Crippen LogP contribution in [-0.2, 0) is 9.53 Å². The summed E-state index contributed by atoms with van der Waals surface area (Å²) in [4.78, 5) is 16.2. The van der Waals surface area contributed by atoms with Gasteiger partial charge in [0.05, 0.1) is 6.61 Å². The molecule has 0 radical (unpaired) electrons. The summed E-state index contributed by atoms with van der Waals surface area (Å²) in [6, 6.07) is 0. The Morgan fingerprint density at radius 2 is 2.32 bits per heavy atom. The number of esters is 1.